The highest BCUT2D eigenvalue weighted by atomic mass is 35.5. The molecule has 0 aliphatic heterocycles. The predicted octanol–water partition coefficient (Wildman–Crippen LogP) is 5.22. The zero-order valence-electron chi connectivity index (χ0n) is 14.7. The third-order valence-corrected chi connectivity index (χ3v) is 4.35. The number of halogens is 1. The number of nitrogens with zero attached hydrogens (tertiary/aromatic N) is 1. The van der Waals surface area contributed by atoms with Crippen LogP contribution in [0.25, 0.3) is 11.1 Å². The second-order valence-electron chi connectivity index (χ2n) is 6.15. The number of likely N-dealkylation sites (N-methyl/N-ethyl adjacent to an activating group) is 1. The van der Waals surface area contributed by atoms with Gasteiger partial charge in [0, 0.05) is 19.7 Å². The van der Waals surface area contributed by atoms with E-state index in [0.29, 0.717) is 10.8 Å². The van der Waals surface area contributed by atoms with Crippen LogP contribution in [0.4, 0.5) is 0 Å². The first-order chi connectivity index (χ1) is 12.6. The lowest BCUT2D eigenvalue weighted by atomic mass is 10.1. The summed E-state index contributed by atoms with van der Waals surface area (Å²) in [6, 6.07) is 25.0. The number of hydrogen-bond acceptors (Lipinski definition) is 2. The van der Waals surface area contributed by atoms with Gasteiger partial charge < -0.3 is 9.64 Å². The van der Waals surface area contributed by atoms with Gasteiger partial charge in [-0.25, -0.2) is 0 Å². The Bertz CT molecular complexity index is 879. The molecule has 0 spiro atoms. The molecule has 26 heavy (non-hydrogen) atoms. The van der Waals surface area contributed by atoms with E-state index in [1.165, 1.54) is 4.90 Å². The minimum Gasteiger partial charge on any atom is -0.474 e. The normalized spacial score (nSPS) is 11.7. The van der Waals surface area contributed by atoms with E-state index in [1.807, 2.05) is 78.9 Å². The van der Waals surface area contributed by atoms with Gasteiger partial charge >= 0.3 is 0 Å². The van der Waals surface area contributed by atoms with Crippen molar-refractivity contribution in [3.8, 4) is 16.9 Å². The highest BCUT2D eigenvalue weighted by molar-refractivity contribution is 6.32. The summed E-state index contributed by atoms with van der Waals surface area (Å²) in [7, 11) is 3.42. The highest BCUT2D eigenvalue weighted by Crippen LogP contribution is 2.33. The number of rotatable bonds is 5. The van der Waals surface area contributed by atoms with Crippen LogP contribution in [-0.2, 0) is 4.79 Å². The molecule has 0 bridgehead atoms. The van der Waals surface area contributed by atoms with Crippen molar-refractivity contribution in [1.29, 1.82) is 0 Å². The topological polar surface area (TPSA) is 29.5 Å². The number of carbonyl (C=O) groups excluding carboxylic acids is 1. The minimum absolute atomic E-state index is 0.139. The molecule has 0 aliphatic carbocycles. The molecule has 0 saturated carbocycles. The van der Waals surface area contributed by atoms with Gasteiger partial charge in [0.05, 0.1) is 5.02 Å². The Morgan fingerprint density at radius 3 is 2.08 bits per heavy atom. The summed E-state index contributed by atoms with van der Waals surface area (Å²) in [6.07, 6.45) is -0.744. The molecule has 3 aromatic rings. The standard InChI is InChI=1S/C22H20ClNO2/c1-24(2)22(25)21(17-11-7-4-8-12-17)26-20-14-13-18(15-19(20)23)16-9-5-3-6-10-16/h3-15,21H,1-2H3/t21-/m1/s1. The average Bonchev–Trinajstić information content (AvgIpc) is 2.68. The van der Waals surface area contributed by atoms with Crippen molar-refractivity contribution in [2.24, 2.45) is 0 Å². The number of amides is 1. The summed E-state index contributed by atoms with van der Waals surface area (Å²) in [5, 5.41) is 0.471. The van der Waals surface area contributed by atoms with Gasteiger partial charge in [-0.3, -0.25) is 4.79 Å². The van der Waals surface area contributed by atoms with Crippen LogP contribution in [0.5, 0.6) is 5.75 Å². The fourth-order valence-electron chi connectivity index (χ4n) is 2.66. The van der Waals surface area contributed by atoms with Crippen LogP contribution in [0, 0.1) is 0 Å². The van der Waals surface area contributed by atoms with Crippen molar-refractivity contribution >= 4 is 17.5 Å². The van der Waals surface area contributed by atoms with E-state index in [1.54, 1.807) is 14.1 Å². The van der Waals surface area contributed by atoms with Crippen molar-refractivity contribution in [3.63, 3.8) is 0 Å². The van der Waals surface area contributed by atoms with Crippen LogP contribution in [0.15, 0.2) is 78.9 Å². The quantitative estimate of drug-likeness (QED) is 0.620. The smallest absolute Gasteiger partial charge is 0.267 e. The van der Waals surface area contributed by atoms with E-state index in [2.05, 4.69) is 0 Å². The van der Waals surface area contributed by atoms with E-state index in [0.717, 1.165) is 16.7 Å². The number of carbonyl (C=O) groups is 1. The van der Waals surface area contributed by atoms with Crippen molar-refractivity contribution < 1.29 is 9.53 Å². The van der Waals surface area contributed by atoms with Crippen LogP contribution in [0.1, 0.15) is 11.7 Å². The number of hydrogen-bond donors (Lipinski definition) is 0. The molecule has 0 unspecified atom stereocenters. The molecule has 0 heterocycles. The van der Waals surface area contributed by atoms with Gasteiger partial charge in [-0.2, -0.15) is 0 Å². The Morgan fingerprint density at radius 2 is 1.50 bits per heavy atom. The van der Waals surface area contributed by atoms with E-state index < -0.39 is 6.10 Å². The van der Waals surface area contributed by atoms with Crippen LogP contribution in [0.3, 0.4) is 0 Å². The third kappa shape index (κ3) is 4.06. The van der Waals surface area contributed by atoms with E-state index in [9.17, 15) is 4.79 Å². The predicted molar refractivity (Wildman–Crippen MR) is 105 cm³/mol. The van der Waals surface area contributed by atoms with E-state index in [4.69, 9.17) is 16.3 Å². The van der Waals surface area contributed by atoms with E-state index in [-0.39, 0.29) is 5.91 Å². The van der Waals surface area contributed by atoms with Crippen molar-refractivity contribution in [2.45, 2.75) is 6.10 Å². The third-order valence-electron chi connectivity index (χ3n) is 4.05. The molecular formula is C22H20ClNO2. The molecule has 0 fully saturated rings. The van der Waals surface area contributed by atoms with Crippen LogP contribution in [-0.4, -0.2) is 24.9 Å². The fourth-order valence-corrected chi connectivity index (χ4v) is 2.88. The molecule has 0 saturated heterocycles. The van der Waals surface area contributed by atoms with Gasteiger partial charge in [-0.1, -0.05) is 78.3 Å². The SMILES string of the molecule is CN(C)C(=O)[C@H](Oc1ccc(-c2ccccc2)cc1Cl)c1ccccc1. The first kappa shape index (κ1) is 18.0. The Hall–Kier alpha value is -2.78. The summed E-state index contributed by atoms with van der Waals surface area (Å²) in [5.74, 6) is 0.342. The molecule has 1 atom stereocenters. The first-order valence-electron chi connectivity index (χ1n) is 8.34. The molecule has 0 N–H and O–H groups in total. The van der Waals surface area contributed by atoms with E-state index >= 15 is 0 Å². The maximum absolute atomic E-state index is 12.6. The lowest BCUT2D eigenvalue weighted by Gasteiger charge is -2.23. The summed E-state index contributed by atoms with van der Waals surface area (Å²) in [6.45, 7) is 0. The zero-order valence-corrected chi connectivity index (χ0v) is 15.5. The molecule has 3 aromatic carbocycles. The molecule has 1 amide bonds. The second kappa shape index (κ2) is 8.07. The molecule has 132 valence electrons. The number of ether oxygens (including phenoxy) is 1. The van der Waals surface area contributed by atoms with Crippen LogP contribution < -0.4 is 4.74 Å². The molecule has 4 heteroatoms. The Labute approximate surface area is 158 Å². The minimum atomic E-state index is -0.744. The van der Waals surface area contributed by atoms with Gasteiger partial charge in [0.1, 0.15) is 5.75 Å². The highest BCUT2D eigenvalue weighted by Gasteiger charge is 2.25. The lowest BCUT2D eigenvalue weighted by Crippen LogP contribution is -2.31. The molecule has 0 aromatic heterocycles. The van der Waals surface area contributed by atoms with Gasteiger partial charge in [0.15, 0.2) is 0 Å². The molecule has 3 nitrogen and oxygen atoms in total. The van der Waals surface area contributed by atoms with Crippen LogP contribution >= 0.6 is 11.6 Å². The average molecular weight is 366 g/mol. The molecular weight excluding hydrogens is 346 g/mol. The monoisotopic (exact) mass is 365 g/mol. The van der Waals surface area contributed by atoms with Gasteiger partial charge in [-0.05, 0) is 23.3 Å². The second-order valence-corrected chi connectivity index (χ2v) is 6.56. The maximum Gasteiger partial charge on any atom is 0.267 e. The Kier molecular flexibility index (Phi) is 5.59. The Balaban J connectivity index is 1.91. The largest absolute Gasteiger partial charge is 0.474 e. The van der Waals surface area contributed by atoms with Gasteiger partial charge in [0.25, 0.3) is 5.91 Å². The van der Waals surface area contributed by atoms with Gasteiger partial charge in [0.2, 0.25) is 6.10 Å². The Morgan fingerprint density at radius 1 is 0.885 bits per heavy atom. The summed E-state index contributed by atoms with van der Waals surface area (Å²) in [5.41, 5.74) is 2.86. The van der Waals surface area contributed by atoms with Gasteiger partial charge in [-0.15, -0.1) is 0 Å². The van der Waals surface area contributed by atoms with Crippen molar-refractivity contribution in [1.82, 2.24) is 4.90 Å². The molecule has 0 aliphatic rings. The van der Waals surface area contributed by atoms with Crippen molar-refractivity contribution in [2.75, 3.05) is 14.1 Å². The van der Waals surface area contributed by atoms with Crippen LogP contribution in [0.2, 0.25) is 5.02 Å². The lowest BCUT2D eigenvalue weighted by molar-refractivity contribution is -0.136. The molecule has 0 radical (unpaired) electrons. The maximum atomic E-state index is 12.6. The summed E-state index contributed by atoms with van der Waals surface area (Å²) < 4.78 is 6.02. The molecule has 3 rings (SSSR count). The first-order valence-corrected chi connectivity index (χ1v) is 8.72. The fraction of sp³-hybridized carbons (Fsp3) is 0.136. The summed E-state index contributed by atoms with van der Waals surface area (Å²) >= 11 is 6.45. The zero-order chi connectivity index (χ0) is 18.5. The number of benzene rings is 3. The van der Waals surface area contributed by atoms with Crippen molar-refractivity contribution in [3.05, 3.63) is 89.4 Å². The summed E-state index contributed by atoms with van der Waals surface area (Å²) in [4.78, 5) is 14.1.